The van der Waals surface area contributed by atoms with Gasteiger partial charge in [-0.05, 0) is 38.1 Å². The number of aryl methyl sites for hydroxylation is 1. The molecule has 3 aromatic rings. The van der Waals surface area contributed by atoms with Crippen molar-refractivity contribution in [2.45, 2.75) is 20.0 Å². The molecule has 1 amide bonds. The van der Waals surface area contributed by atoms with Gasteiger partial charge < -0.3 is 10.1 Å². The molecule has 0 bridgehead atoms. The van der Waals surface area contributed by atoms with E-state index in [0.29, 0.717) is 0 Å². The minimum atomic E-state index is -4.65. The van der Waals surface area contributed by atoms with Crippen molar-refractivity contribution in [1.29, 1.82) is 0 Å². The Bertz CT molecular complexity index is 1190. The van der Waals surface area contributed by atoms with E-state index >= 15 is 0 Å². The molecule has 1 aromatic heterocycles. The third-order valence-corrected chi connectivity index (χ3v) is 4.56. The molecule has 0 saturated carbocycles. The van der Waals surface area contributed by atoms with Crippen molar-refractivity contribution in [3.05, 3.63) is 80.7 Å². The lowest BCUT2D eigenvalue weighted by Gasteiger charge is -2.17. The zero-order chi connectivity index (χ0) is 22.8. The van der Waals surface area contributed by atoms with Crippen molar-refractivity contribution in [3.63, 3.8) is 0 Å². The second-order valence-corrected chi connectivity index (χ2v) is 6.84. The molecule has 0 aliphatic heterocycles. The number of ether oxygens (including phenoxy) is 1. The maximum Gasteiger partial charge on any atom is 0.418 e. The molecule has 0 atom stereocenters. The third kappa shape index (κ3) is 4.72. The molecular weight excluding hydrogens is 435 g/mol. The summed E-state index contributed by atoms with van der Waals surface area (Å²) in [5.41, 5.74) is -2.24. The molecule has 6 nitrogen and oxygen atoms in total. The van der Waals surface area contributed by atoms with E-state index in [-0.39, 0.29) is 34.4 Å². The first-order valence-electron chi connectivity index (χ1n) is 9.13. The van der Waals surface area contributed by atoms with E-state index in [4.69, 9.17) is 16.3 Å². The molecule has 0 aliphatic carbocycles. The highest BCUT2D eigenvalue weighted by atomic mass is 35.5. The minimum Gasteiger partial charge on any atom is -0.490 e. The van der Waals surface area contributed by atoms with Crippen LogP contribution in [0.15, 0.2) is 53.3 Å². The van der Waals surface area contributed by atoms with Crippen molar-refractivity contribution in [3.8, 4) is 11.4 Å². The van der Waals surface area contributed by atoms with E-state index in [2.05, 4.69) is 10.4 Å². The van der Waals surface area contributed by atoms with E-state index in [1.807, 2.05) is 0 Å². The fourth-order valence-corrected chi connectivity index (χ4v) is 3.16. The Hall–Kier alpha value is -3.33. The third-order valence-electron chi connectivity index (χ3n) is 4.26. The molecule has 1 heterocycles. The number of hydrogen-bond donors (Lipinski definition) is 1. The average molecular weight is 452 g/mol. The van der Waals surface area contributed by atoms with Crippen LogP contribution in [0.2, 0.25) is 5.02 Å². The Balaban J connectivity index is 2.07. The van der Waals surface area contributed by atoms with Crippen LogP contribution >= 0.6 is 11.6 Å². The van der Waals surface area contributed by atoms with Gasteiger partial charge in [0.25, 0.3) is 5.91 Å². The maximum atomic E-state index is 13.4. The Labute approximate surface area is 180 Å². The Morgan fingerprint density at radius 1 is 1.19 bits per heavy atom. The Morgan fingerprint density at radius 3 is 2.58 bits per heavy atom. The summed E-state index contributed by atoms with van der Waals surface area (Å²) < 4.78 is 46.7. The summed E-state index contributed by atoms with van der Waals surface area (Å²) in [5.74, 6) is -0.707. The summed E-state index contributed by atoms with van der Waals surface area (Å²) in [5, 5.41) is 6.66. The van der Waals surface area contributed by atoms with Gasteiger partial charge in [-0.1, -0.05) is 29.8 Å². The predicted molar refractivity (Wildman–Crippen MR) is 110 cm³/mol. The van der Waals surface area contributed by atoms with Crippen LogP contribution in [0.4, 0.5) is 18.9 Å². The summed E-state index contributed by atoms with van der Waals surface area (Å²) >= 11 is 6.09. The number of halogens is 4. The quantitative estimate of drug-likeness (QED) is 0.601. The van der Waals surface area contributed by atoms with Gasteiger partial charge in [0.05, 0.1) is 28.6 Å². The molecule has 162 valence electrons. The van der Waals surface area contributed by atoms with Crippen molar-refractivity contribution in [2.24, 2.45) is 0 Å². The number of para-hydroxylation sites is 2. The average Bonchev–Trinajstić information content (AvgIpc) is 2.70. The van der Waals surface area contributed by atoms with Crippen LogP contribution in [0.1, 0.15) is 28.7 Å². The van der Waals surface area contributed by atoms with Gasteiger partial charge in [-0.15, -0.1) is 0 Å². The number of nitrogens with one attached hydrogen (secondary N) is 1. The van der Waals surface area contributed by atoms with E-state index in [0.717, 1.165) is 16.8 Å². The van der Waals surface area contributed by atoms with Gasteiger partial charge in [0.1, 0.15) is 0 Å². The van der Waals surface area contributed by atoms with Gasteiger partial charge in [0.2, 0.25) is 5.43 Å². The molecule has 3 rings (SSSR count). The number of alkyl halides is 3. The molecule has 0 radical (unpaired) electrons. The highest BCUT2D eigenvalue weighted by molar-refractivity contribution is 6.32. The number of hydrogen-bond acceptors (Lipinski definition) is 4. The van der Waals surface area contributed by atoms with Gasteiger partial charge in [0, 0.05) is 11.8 Å². The zero-order valence-corrected chi connectivity index (χ0v) is 17.2. The predicted octanol–water partition coefficient (Wildman–Crippen LogP) is 4.86. The van der Waals surface area contributed by atoms with Crippen LogP contribution < -0.4 is 15.5 Å². The van der Waals surface area contributed by atoms with Crippen LogP contribution in [0.25, 0.3) is 5.69 Å². The Morgan fingerprint density at radius 2 is 1.90 bits per heavy atom. The summed E-state index contributed by atoms with van der Waals surface area (Å²) in [4.78, 5) is 25.2. The summed E-state index contributed by atoms with van der Waals surface area (Å²) in [6, 6.07) is 10.5. The number of aromatic nitrogens is 2. The summed E-state index contributed by atoms with van der Waals surface area (Å²) in [7, 11) is 0. The first-order chi connectivity index (χ1) is 14.6. The van der Waals surface area contributed by atoms with Crippen molar-refractivity contribution >= 4 is 23.2 Å². The van der Waals surface area contributed by atoms with Crippen LogP contribution in [-0.2, 0) is 6.18 Å². The van der Waals surface area contributed by atoms with E-state index in [9.17, 15) is 22.8 Å². The lowest BCUT2D eigenvalue weighted by Crippen LogP contribution is -2.27. The van der Waals surface area contributed by atoms with E-state index in [1.54, 1.807) is 19.1 Å². The summed E-state index contributed by atoms with van der Waals surface area (Å²) in [6.07, 6.45) is -4.65. The Kier molecular flexibility index (Phi) is 6.35. The number of carbonyl (C=O) groups is 1. The normalized spacial score (nSPS) is 11.3. The van der Waals surface area contributed by atoms with Gasteiger partial charge in [-0.2, -0.15) is 18.3 Å². The molecule has 10 heteroatoms. The molecule has 31 heavy (non-hydrogen) atoms. The van der Waals surface area contributed by atoms with Crippen LogP contribution in [0.5, 0.6) is 5.75 Å². The van der Waals surface area contributed by atoms with E-state index < -0.39 is 28.8 Å². The maximum absolute atomic E-state index is 13.4. The summed E-state index contributed by atoms with van der Waals surface area (Å²) in [6.45, 7) is 3.43. The lowest BCUT2D eigenvalue weighted by atomic mass is 10.1. The standard InChI is InChI=1S/C21H17ClF3N3O3/c1-3-31-19-14(22)8-6-9-15(19)26-20(30)18-17(29)11-12(2)28(27-18)16-10-5-4-7-13(16)21(23,24)25/h4-11H,3H2,1-2H3,(H,26,30). The number of rotatable bonds is 5. The van der Waals surface area contributed by atoms with Crippen molar-refractivity contribution < 1.29 is 22.7 Å². The molecule has 0 fully saturated rings. The number of amides is 1. The molecule has 2 aromatic carbocycles. The topological polar surface area (TPSA) is 73.2 Å². The second kappa shape index (κ2) is 8.81. The molecule has 0 aliphatic rings. The fourth-order valence-electron chi connectivity index (χ4n) is 2.93. The largest absolute Gasteiger partial charge is 0.490 e. The first-order valence-corrected chi connectivity index (χ1v) is 9.51. The molecule has 0 spiro atoms. The van der Waals surface area contributed by atoms with Crippen LogP contribution in [0.3, 0.4) is 0 Å². The van der Waals surface area contributed by atoms with Gasteiger partial charge in [-0.3, -0.25) is 9.59 Å². The number of carbonyl (C=O) groups excluding carboxylic acids is 1. The van der Waals surface area contributed by atoms with Gasteiger partial charge in [0.15, 0.2) is 11.4 Å². The molecular formula is C21H17ClF3N3O3. The highest BCUT2D eigenvalue weighted by Crippen LogP contribution is 2.34. The SMILES string of the molecule is CCOc1c(Cl)cccc1NC(=O)c1nn(-c2ccccc2C(F)(F)F)c(C)cc1=O. The van der Waals surface area contributed by atoms with Gasteiger partial charge in [-0.25, -0.2) is 4.68 Å². The first kappa shape index (κ1) is 22.4. The van der Waals surface area contributed by atoms with Gasteiger partial charge >= 0.3 is 6.18 Å². The van der Waals surface area contributed by atoms with Crippen LogP contribution in [0, 0.1) is 6.92 Å². The van der Waals surface area contributed by atoms with Crippen molar-refractivity contribution in [1.82, 2.24) is 9.78 Å². The minimum absolute atomic E-state index is 0.135. The monoisotopic (exact) mass is 451 g/mol. The number of anilines is 1. The number of nitrogens with zero attached hydrogens (tertiary/aromatic N) is 2. The highest BCUT2D eigenvalue weighted by Gasteiger charge is 2.34. The second-order valence-electron chi connectivity index (χ2n) is 6.43. The fraction of sp³-hybridized carbons (Fsp3) is 0.190. The van der Waals surface area contributed by atoms with E-state index in [1.165, 1.54) is 31.2 Å². The lowest BCUT2D eigenvalue weighted by molar-refractivity contribution is -0.137. The molecule has 1 N–H and O–H groups in total. The zero-order valence-electron chi connectivity index (χ0n) is 16.5. The molecule has 0 saturated heterocycles. The smallest absolute Gasteiger partial charge is 0.418 e. The van der Waals surface area contributed by atoms with Crippen molar-refractivity contribution in [2.75, 3.05) is 11.9 Å². The van der Waals surface area contributed by atoms with Crippen LogP contribution in [-0.4, -0.2) is 22.3 Å². The molecule has 0 unspecified atom stereocenters. The number of benzene rings is 2.